The van der Waals surface area contributed by atoms with Crippen LogP contribution in [0.15, 0.2) is 90.5 Å². The fourth-order valence-electron chi connectivity index (χ4n) is 4.52. The minimum absolute atomic E-state index is 0.156. The van der Waals surface area contributed by atoms with Gasteiger partial charge in [0.15, 0.2) is 6.10 Å². The van der Waals surface area contributed by atoms with Gasteiger partial charge in [0.05, 0.1) is 5.56 Å². The van der Waals surface area contributed by atoms with Gasteiger partial charge in [-0.25, -0.2) is 4.79 Å². The summed E-state index contributed by atoms with van der Waals surface area (Å²) in [5.41, 5.74) is 3.33. The Morgan fingerprint density at radius 1 is 0.833 bits per heavy atom. The molecule has 0 radical (unpaired) electrons. The molecule has 178 valence electrons. The van der Waals surface area contributed by atoms with Gasteiger partial charge in [-0.2, -0.15) is 0 Å². The number of rotatable bonds is 6. The summed E-state index contributed by atoms with van der Waals surface area (Å²) in [6.07, 6.45) is -1.40. The molecule has 36 heavy (non-hydrogen) atoms. The molecular weight excluding hydrogens is 452 g/mol. The van der Waals surface area contributed by atoms with E-state index in [4.69, 9.17) is 4.74 Å². The van der Waals surface area contributed by atoms with Gasteiger partial charge in [0.2, 0.25) is 11.6 Å². The number of cyclic esters (lactones) is 1. The van der Waals surface area contributed by atoms with E-state index in [2.05, 4.69) is 0 Å². The van der Waals surface area contributed by atoms with Crippen molar-refractivity contribution in [1.82, 2.24) is 0 Å². The average molecular weight is 476 g/mol. The summed E-state index contributed by atoms with van der Waals surface area (Å²) < 4.78 is 5.51. The van der Waals surface area contributed by atoms with E-state index < -0.39 is 29.4 Å². The SMILES string of the molecule is Cc1ccc(CC(=O)C(=O)C(=C([O-])c2ccc3ccccc3c2)[C@@H]2OC(=O)c3ccccc32)cc1C. The second-order valence-corrected chi connectivity index (χ2v) is 9.03. The first-order valence-electron chi connectivity index (χ1n) is 11.7. The topological polar surface area (TPSA) is 83.5 Å². The lowest BCUT2D eigenvalue weighted by atomic mass is 9.90. The van der Waals surface area contributed by atoms with Crippen LogP contribution in [-0.4, -0.2) is 17.5 Å². The predicted molar refractivity (Wildman–Crippen MR) is 135 cm³/mol. The van der Waals surface area contributed by atoms with Crippen LogP contribution in [0, 0.1) is 13.8 Å². The van der Waals surface area contributed by atoms with Crippen LogP contribution in [0.5, 0.6) is 0 Å². The quantitative estimate of drug-likeness (QED) is 0.173. The fraction of sp³-hybridized carbons (Fsp3) is 0.129. The normalized spacial score (nSPS) is 15.3. The fourth-order valence-corrected chi connectivity index (χ4v) is 4.52. The third-order valence-electron chi connectivity index (χ3n) is 6.64. The molecule has 5 heteroatoms. The van der Waals surface area contributed by atoms with E-state index >= 15 is 0 Å². The van der Waals surface area contributed by atoms with Crippen LogP contribution < -0.4 is 5.11 Å². The zero-order chi connectivity index (χ0) is 25.4. The maximum atomic E-state index is 13.8. The highest BCUT2D eigenvalue weighted by atomic mass is 16.5. The zero-order valence-corrected chi connectivity index (χ0v) is 19.9. The molecule has 0 unspecified atom stereocenters. The van der Waals surface area contributed by atoms with Crippen LogP contribution in [-0.2, 0) is 20.7 Å². The van der Waals surface area contributed by atoms with Crippen molar-refractivity contribution in [2.45, 2.75) is 26.4 Å². The number of Topliss-reactive ketones (excluding diaryl/α,β-unsaturated/α-hetero) is 2. The monoisotopic (exact) mass is 475 g/mol. The molecule has 0 fully saturated rings. The summed E-state index contributed by atoms with van der Waals surface area (Å²) in [4.78, 5) is 39.3. The standard InChI is InChI=1S/C31H24O5/c1-18-11-12-20(15-19(18)2)16-26(32)29(34)27(30-24-9-5-6-10-25(24)31(35)36-30)28(33)23-14-13-21-7-3-4-8-22(21)17-23/h3-15,17,30,33H,16H2,1-2H3/p-1/t30-/m1/s1. The lowest BCUT2D eigenvalue weighted by molar-refractivity contribution is -0.245. The van der Waals surface area contributed by atoms with Gasteiger partial charge in [0, 0.05) is 17.6 Å². The van der Waals surface area contributed by atoms with Gasteiger partial charge in [-0.15, -0.1) is 0 Å². The van der Waals surface area contributed by atoms with E-state index in [0.717, 1.165) is 21.9 Å². The maximum Gasteiger partial charge on any atom is 0.339 e. The van der Waals surface area contributed by atoms with Crippen LogP contribution in [0.3, 0.4) is 0 Å². The van der Waals surface area contributed by atoms with Crippen molar-refractivity contribution in [2.75, 3.05) is 0 Å². The van der Waals surface area contributed by atoms with Gasteiger partial charge in [0.1, 0.15) is 0 Å². The van der Waals surface area contributed by atoms with Crippen molar-refractivity contribution in [3.8, 4) is 0 Å². The summed E-state index contributed by atoms with van der Waals surface area (Å²) in [6, 6.07) is 24.8. The lowest BCUT2D eigenvalue weighted by Crippen LogP contribution is -2.26. The molecule has 1 aliphatic heterocycles. The minimum Gasteiger partial charge on any atom is -0.872 e. The lowest BCUT2D eigenvalue weighted by Gasteiger charge is -2.23. The molecule has 1 aliphatic rings. The molecule has 5 nitrogen and oxygen atoms in total. The van der Waals surface area contributed by atoms with Crippen molar-refractivity contribution in [2.24, 2.45) is 0 Å². The molecule has 0 aliphatic carbocycles. The molecule has 0 saturated heterocycles. The van der Waals surface area contributed by atoms with E-state index in [0.29, 0.717) is 11.1 Å². The summed E-state index contributed by atoms with van der Waals surface area (Å²) in [6.45, 7) is 3.90. The predicted octanol–water partition coefficient (Wildman–Crippen LogP) is 4.82. The highest BCUT2D eigenvalue weighted by Gasteiger charge is 2.38. The highest BCUT2D eigenvalue weighted by molar-refractivity contribution is 6.45. The van der Waals surface area contributed by atoms with Gasteiger partial charge in [-0.05, 0) is 59.0 Å². The second kappa shape index (κ2) is 9.27. The van der Waals surface area contributed by atoms with Gasteiger partial charge in [-0.1, -0.05) is 78.6 Å². The Morgan fingerprint density at radius 2 is 1.56 bits per heavy atom. The molecule has 4 aromatic carbocycles. The molecule has 0 aromatic heterocycles. The van der Waals surface area contributed by atoms with Crippen LogP contribution >= 0.6 is 0 Å². The highest BCUT2D eigenvalue weighted by Crippen LogP contribution is 2.39. The first-order chi connectivity index (χ1) is 17.3. The molecule has 0 saturated carbocycles. The molecule has 4 aromatic rings. The van der Waals surface area contributed by atoms with E-state index in [1.165, 1.54) is 0 Å². The van der Waals surface area contributed by atoms with Gasteiger partial charge < -0.3 is 9.84 Å². The number of carbonyl (C=O) groups is 3. The van der Waals surface area contributed by atoms with Crippen LogP contribution in [0.4, 0.5) is 0 Å². The molecule has 0 N–H and O–H groups in total. The Bertz CT molecular complexity index is 1580. The Labute approximate surface area is 208 Å². The summed E-state index contributed by atoms with van der Waals surface area (Å²) in [5, 5.41) is 15.5. The number of ketones is 2. The average Bonchev–Trinajstić information content (AvgIpc) is 3.22. The van der Waals surface area contributed by atoms with Crippen molar-refractivity contribution >= 4 is 34.1 Å². The molecule has 0 bridgehead atoms. The first-order valence-corrected chi connectivity index (χ1v) is 11.7. The van der Waals surface area contributed by atoms with Crippen LogP contribution in [0.1, 0.15) is 44.3 Å². The molecule has 0 spiro atoms. The Hall–Kier alpha value is -4.51. The largest absolute Gasteiger partial charge is 0.872 e. The van der Waals surface area contributed by atoms with Gasteiger partial charge in [0.25, 0.3) is 0 Å². The number of hydrogen-bond donors (Lipinski definition) is 0. The van der Waals surface area contributed by atoms with E-state index in [1.807, 2.05) is 50.2 Å². The Balaban J connectivity index is 1.61. The number of fused-ring (bicyclic) bond motifs is 2. The summed E-state index contributed by atoms with van der Waals surface area (Å²) in [7, 11) is 0. The Morgan fingerprint density at radius 3 is 2.33 bits per heavy atom. The second-order valence-electron chi connectivity index (χ2n) is 9.03. The number of aryl methyl sites for hydroxylation is 2. The van der Waals surface area contributed by atoms with Gasteiger partial charge >= 0.3 is 5.97 Å². The molecule has 5 rings (SSSR count). The molecule has 0 amide bonds. The van der Waals surface area contributed by atoms with E-state index in [9.17, 15) is 19.5 Å². The Kier molecular flexibility index (Phi) is 5.98. The summed E-state index contributed by atoms with van der Waals surface area (Å²) in [5.74, 6) is -2.94. The van der Waals surface area contributed by atoms with Crippen LogP contribution in [0.25, 0.3) is 16.5 Å². The number of esters is 1. The molecule has 1 atom stereocenters. The van der Waals surface area contributed by atoms with Crippen molar-refractivity contribution in [3.05, 3.63) is 124 Å². The number of hydrogen-bond acceptors (Lipinski definition) is 5. The third kappa shape index (κ3) is 4.20. The van der Waals surface area contributed by atoms with E-state index in [-0.39, 0.29) is 23.1 Å². The van der Waals surface area contributed by atoms with E-state index in [1.54, 1.807) is 48.5 Å². The number of benzene rings is 4. The van der Waals surface area contributed by atoms with Crippen molar-refractivity contribution in [3.63, 3.8) is 0 Å². The van der Waals surface area contributed by atoms with Crippen molar-refractivity contribution < 1.29 is 24.2 Å². The third-order valence-corrected chi connectivity index (χ3v) is 6.64. The molecule has 1 heterocycles. The van der Waals surface area contributed by atoms with Crippen LogP contribution in [0.2, 0.25) is 0 Å². The van der Waals surface area contributed by atoms with Gasteiger partial charge in [-0.3, -0.25) is 9.59 Å². The number of carbonyl (C=O) groups excluding carboxylic acids is 3. The first kappa shape index (κ1) is 23.2. The van der Waals surface area contributed by atoms with Crippen molar-refractivity contribution in [1.29, 1.82) is 0 Å². The number of ether oxygens (including phenoxy) is 1. The zero-order valence-electron chi connectivity index (χ0n) is 19.9. The molecular formula is C31H23O5-. The maximum absolute atomic E-state index is 13.8. The minimum atomic E-state index is -1.25. The summed E-state index contributed by atoms with van der Waals surface area (Å²) >= 11 is 0. The smallest absolute Gasteiger partial charge is 0.339 e.